The van der Waals surface area contributed by atoms with Crippen LogP contribution in [0.1, 0.15) is 42.4 Å². The lowest BCUT2D eigenvalue weighted by Gasteiger charge is -2.13. The number of aromatic nitrogens is 2. The average molecular weight is 445 g/mol. The molecule has 32 heavy (non-hydrogen) atoms. The molecule has 0 fully saturated rings. The molecule has 0 aliphatic carbocycles. The third-order valence-electron chi connectivity index (χ3n) is 5.61. The molecule has 2 aromatic carbocycles. The van der Waals surface area contributed by atoms with Gasteiger partial charge in [-0.2, -0.15) is 0 Å². The fourth-order valence-electron chi connectivity index (χ4n) is 3.79. The number of hydrogen-bond donors (Lipinski definition) is 0. The Hall–Kier alpha value is -3.38. The molecule has 5 rings (SSSR count). The van der Waals surface area contributed by atoms with E-state index in [1.165, 1.54) is 7.11 Å². The van der Waals surface area contributed by atoms with Crippen molar-refractivity contribution in [3.05, 3.63) is 76.9 Å². The van der Waals surface area contributed by atoms with E-state index in [-0.39, 0.29) is 11.4 Å². The molecule has 0 saturated heterocycles. The Kier molecular flexibility index (Phi) is 4.90. The number of ether oxygens (including phenoxy) is 1. The number of carbonyl (C=O) groups is 1. The maximum Gasteiger partial charge on any atom is 0.337 e. The van der Waals surface area contributed by atoms with Gasteiger partial charge in [0.1, 0.15) is 5.58 Å². The fraction of sp³-hybridized carbons (Fsp3) is 0.231. The van der Waals surface area contributed by atoms with E-state index in [2.05, 4.69) is 55.0 Å². The second-order valence-corrected chi connectivity index (χ2v) is 9.84. The molecule has 3 heterocycles. The monoisotopic (exact) mass is 444 g/mol. The summed E-state index contributed by atoms with van der Waals surface area (Å²) in [5.41, 5.74) is 4.64. The number of methoxy groups -OCH3 is 1. The van der Waals surface area contributed by atoms with Crippen LogP contribution < -0.4 is 0 Å². The zero-order valence-corrected chi connectivity index (χ0v) is 19.3. The van der Waals surface area contributed by atoms with E-state index in [1.807, 2.05) is 24.4 Å². The molecule has 6 heteroatoms. The number of carbonyl (C=O) groups excluding carboxylic acids is 1. The number of rotatable bonds is 4. The first kappa shape index (κ1) is 20.5. The highest BCUT2D eigenvalue weighted by atomic mass is 32.1. The van der Waals surface area contributed by atoms with Gasteiger partial charge in [0.25, 0.3) is 0 Å². The Morgan fingerprint density at radius 3 is 2.69 bits per heavy atom. The molecule has 0 radical (unpaired) electrons. The molecular formula is C26H24N2O3S. The van der Waals surface area contributed by atoms with E-state index < -0.39 is 0 Å². The molecule has 5 aromatic rings. The predicted molar refractivity (Wildman–Crippen MR) is 128 cm³/mol. The SMILES string of the molecule is COC(=O)c1ccc2ccn(Cc3ccc4oc(-c5nc(C(C)(C)C)cs5)cc4c3)c2c1. The van der Waals surface area contributed by atoms with Gasteiger partial charge in [0, 0.05) is 34.4 Å². The van der Waals surface area contributed by atoms with Gasteiger partial charge in [-0.15, -0.1) is 11.3 Å². The van der Waals surface area contributed by atoms with Crippen molar-refractivity contribution in [3.8, 4) is 10.8 Å². The number of esters is 1. The van der Waals surface area contributed by atoms with Gasteiger partial charge in [0.05, 0.1) is 18.4 Å². The maximum absolute atomic E-state index is 11.9. The number of fused-ring (bicyclic) bond motifs is 2. The minimum absolute atomic E-state index is 0.0151. The summed E-state index contributed by atoms with van der Waals surface area (Å²) < 4.78 is 13.1. The summed E-state index contributed by atoms with van der Waals surface area (Å²) in [6.07, 6.45) is 2.04. The summed E-state index contributed by atoms with van der Waals surface area (Å²) >= 11 is 1.61. The normalized spacial score (nSPS) is 12.0. The first-order chi connectivity index (χ1) is 15.3. The van der Waals surface area contributed by atoms with E-state index in [1.54, 1.807) is 17.4 Å². The van der Waals surface area contributed by atoms with Crippen molar-refractivity contribution < 1.29 is 13.9 Å². The van der Waals surface area contributed by atoms with Crippen LogP contribution in [-0.2, 0) is 16.7 Å². The highest BCUT2D eigenvalue weighted by Crippen LogP contribution is 2.33. The summed E-state index contributed by atoms with van der Waals surface area (Å²) in [6.45, 7) is 7.18. The molecule has 162 valence electrons. The van der Waals surface area contributed by atoms with Crippen LogP contribution in [0.2, 0.25) is 0 Å². The Bertz CT molecular complexity index is 1450. The van der Waals surface area contributed by atoms with Crippen LogP contribution in [0, 0.1) is 0 Å². The van der Waals surface area contributed by atoms with Gasteiger partial charge in [-0.25, -0.2) is 9.78 Å². The van der Waals surface area contributed by atoms with Crippen molar-refractivity contribution in [2.75, 3.05) is 7.11 Å². The van der Waals surface area contributed by atoms with Gasteiger partial charge < -0.3 is 13.7 Å². The Balaban J connectivity index is 1.46. The third kappa shape index (κ3) is 3.71. The first-order valence-electron chi connectivity index (χ1n) is 10.5. The zero-order chi connectivity index (χ0) is 22.5. The van der Waals surface area contributed by atoms with Crippen LogP contribution in [0.4, 0.5) is 0 Å². The topological polar surface area (TPSA) is 57.3 Å². The van der Waals surface area contributed by atoms with Gasteiger partial charge in [-0.05, 0) is 47.3 Å². The minimum Gasteiger partial charge on any atom is -0.465 e. The average Bonchev–Trinajstić information content (AvgIpc) is 3.50. The van der Waals surface area contributed by atoms with Gasteiger partial charge in [-0.3, -0.25) is 0 Å². The molecule has 0 unspecified atom stereocenters. The maximum atomic E-state index is 11.9. The number of hydrogen-bond acceptors (Lipinski definition) is 5. The van der Waals surface area contributed by atoms with E-state index in [0.717, 1.165) is 43.9 Å². The standard InChI is InChI=1S/C26H24N2O3S/c1-26(2,3)23-15-32-24(27-23)22-13-19-11-16(5-8-21(19)31-22)14-28-10-9-17-6-7-18(12-20(17)28)25(29)30-4/h5-13,15H,14H2,1-4H3. The second kappa shape index (κ2) is 7.64. The molecule has 0 aliphatic rings. The van der Waals surface area contributed by atoms with Crippen LogP contribution in [-0.4, -0.2) is 22.6 Å². The van der Waals surface area contributed by atoms with Gasteiger partial charge in [0.15, 0.2) is 10.8 Å². The summed E-state index contributed by atoms with van der Waals surface area (Å²) in [7, 11) is 1.40. The lowest BCUT2D eigenvalue weighted by atomic mass is 9.93. The summed E-state index contributed by atoms with van der Waals surface area (Å²) in [4.78, 5) is 16.7. The number of benzene rings is 2. The van der Waals surface area contributed by atoms with Crippen molar-refractivity contribution in [3.63, 3.8) is 0 Å². The van der Waals surface area contributed by atoms with E-state index in [9.17, 15) is 4.79 Å². The van der Waals surface area contributed by atoms with Gasteiger partial charge >= 0.3 is 5.97 Å². The quantitative estimate of drug-likeness (QED) is 0.291. The molecule has 3 aromatic heterocycles. The van der Waals surface area contributed by atoms with Crippen molar-refractivity contribution in [2.24, 2.45) is 0 Å². The molecule has 0 saturated carbocycles. The molecule has 0 spiro atoms. The first-order valence-corrected chi connectivity index (χ1v) is 11.4. The molecular weight excluding hydrogens is 420 g/mol. The number of thiazole rings is 1. The van der Waals surface area contributed by atoms with Gasteiger partial charge in [-0.1, -0.05) is 32.9 Å². The van der Waals surface area contributed by atoms with Crippen LogP contribution in [0.3, 0.4) is 0 Å². The largest absolute Gasteiger partial charge is 0.465 e. The van der Waals surface area contributed by atoms with Crippen LogP contribution in [0.5, 0.6) is 0 Å². The lowest BCUT2D eigenvalue weighted by molar-refractivity contribution is 0.0601. The van der Waals surface area contributed by atoms with Gasteiger partial charge in [0.2, 0.25) is 0 Å². The van der Waals surface area contributed by atoms with Crippen LogP contribution >= 0.6 is 11.3 Å². The zero-order valence-electron chi connectivity index (χ0n) is 18.5. The Morgan fingerprint density at radius 2 is 1.94 bits per heavy atom. The summed E-state index contributed by atoms with van der Waals surface area (Å²) in [6, 6.07) is 16.0. The van der Waals surface area contributed by atoms with Crippen molar-refractivity contribution in [1.82, 2.24) is 9.55 Å². The Labute approximate surface area is 190 Å². The highest BCUT2D eigenvalue weighted by molar-refractivity contribution is 7.13. The number of nitrogens with zero attached hydrogens (tertiary/aromatic N) is 2. The summed E-state index contributed by atoms with van der Waals surface area (Å²) in [5.74, 6) is 0.468. The molecule has 0 atom stereocenters. The van der Waals surface area contributed by atoms with E-state index >= 15 is 0 Å². The minimum atomic E-state index is -0.330. The van der Waals surface area contributed by atoms with Crippen molar-refractivity contribution >= 4 is 39.2 Å². The lowest BCUT2D eigenvalue weighted by Crippen LogP contribution is -2.11. The molecule has 0 bridgehead atoms. The van der Waals surface area contributed by atoms with Crippen molar-refractivity contribution in [2.45, 2.75) is 32.7 Å². The van der Waals surface area contributed by atoms with E-state index in [4.69, 9.17) is 14.1 Å². The highest BCUT2D eigenvalue weighted by Gasteiger charge is 2.19. The van der Waals surface area contributed by atoms with Crippen LogP contribution in [0.25, 0.3) is 32.6 Å². The second-order valence-electron chi connectivity index (χ2n) is 8.98. The predicted octanol–water partition coefficient (Wildman–Crippen LogP) is 6.64. The number of furan rings is 1. The molecule has 0 aliphatic heterocycles. The molecule has 0 amide bonds. The van der Waals surface area contributed by atoms with Crippen molar-refractivity contribution in [1.29, 1.82) is 0 Å². The summed E-state index contributed by atoms with van der Waals surface area (Å²) in [5, 5.41) is 5.15. The smallest absolute Gasteiger partial charge is 0.337 e. The molecule has 0 N–H and O–H groups in total. The van der Waals surface area contributed by atoms with Crippen LogP contribution in [0.15, 0.2) is 64.5 Å². The molecule has 5 nitrogen and oxygen atoms in total. The Morgan fingerprint density at radius 1 is 1.09 bits per heavy atom. The van der Waals surface area contributed by atoms with E-state index in [0.29, 0.717) is 12.1 Å². The fourth-order valence-corrected chi connectivity index (χ4v) is 4.79. The third-order valence-corrected chi connectivity index (χ3v) is 6.47.